The average Bonchev–Trinajstić information content (AvgIpc) is 2.21. The van der Waals surface area contributed by atoms with Crippen LogP contribution < -0.4 is 0 Å². The zero-order valence-electron chi connectivity index (χ0n) is 9.32. The third-order valence-electron chi connectivity index (χ3n) is 2.97. The van der Waals surface area contributed by atoms with Crippen LogP contribution in [-0.4, -0.2) is 56.6 Å². The summed E-state index contributed by atoms with van der Waals surface area (Å²) in [5, 5.41) is -0.323. The first-order chi connectivity index (χ1) is 6.95. The first kappa shape index (κ1) is 13.2. The summed E-state index contributed by atoms with van der Waals surface area (Å²) in [4.78, 5) is 2.27. The molecule has 1 rings (SSSR count). The van der Waals surface area contributed by atoms with Gasteiger partial charge in [0.05, 0.1) is 0 Å². The van der Waals surface area contributed by atoms with E-state index in [9.17, 15) is 8.42 Å². The number of sulfonamides is 1. The Morgan fingerprint density at radius 2 is 1.93 bits per heavy atom. The van der Waals surface area contributed by atoms with Crippen LogP contribution in [0, 0.1) is 5.92 Å². The first-order valence-electron chi connectivity index (χ1n) is 5.14. The minimum atomic E-state index is -3.23. The second-order valence-corrected chi connectivity index (χ2v) is 6.91. The minimum Gasteiger partial charge on any atom is -0.306 e. The molecule has 0 unspecified atom stereocenters. The predicted molar refractivity (Wildman–Crippen MR) is 62.5 cm³/mol. The molecule has 0 aromatic heterocycles. The lowest BCUT2D eigenvalue weighted by molar-refractivity contribution is 0.202. The summed E-state index contributed by atoms with van der Waals surface area (Å²) >= 11 is 5.39. The van der Waals surface area contributed by atoms with Crippen LogP contribution in [0.15, 0.2) is 0 Å². The quantitative estimate of drug-likeness (QED) is 0.697. The third-order valence-corrected chi connectivity index (χ3v) is 5.17. The van der Waals surface area contributed by atoms with Crippen LogP contribution in [0.25, 0.3) is 0 Å². The molecule has 4 nitrogen and oxygen atoms in total. The maximum atomic E-state index is 11.4. The summed E-state index contributed by atoms with van der Waals surface area (Å²) in [7, 11) is 0.474. The van der Waals surface area contributed by atoms with Crippen molar-refractivity contribution in [2.45, 2.75) is 12.8 Å². The molecule has 0 aromatic rings. The fraction of sp³-hybridized carbons (Fsp3) is 1.00. The van der Waals surface area contributed by atoms with Crippen LogP contribution in [0.2, 0.25) is 0 Å². The van der Waals surface area contributed by atoms with Crippen molar-refractivity contribution in [2.24, 2.45) is 5.92 Å². The van der Waals surface area contributed by atoms with Gasteiger partial charge in [-0.1, -0.05) is 0 Å². The number of halogens is 1. The average molecular weight is 255 g/mol. The molecule has 90 valence electrons. The molecular formula is C9H19ClN2O2S. The van der Waals surface area contributed by atoms with Gasteiger partial charge in [-0.25, -0.2) is 12.7 Å². The van der Waals surface area contributed by atoms with Gasteiger partial charge in [0.15, 0.2) is 0 Å². The summed E-state index contributed by atoms with van der Waals surface area (Å²) in [5.74, 6) is 0.476. The van der Waals surface area contributed by atoms with E-state index >= 15 is 0 Å². The number of hydrogen-bond donors (Lipinski definition) is 0. The highest BCUT2D eigenvalue weighted by atomic mass is 35.5. The second kappa shape index (κ2) is 5.48. The molecule has 0 amide bonds. The first-order valence-corrected chi connectivity index (χ1v) is 7.28. The van der Waals surface area contributed by atoms with Crippen molar-refractivity contribution in [1.82, 2.24) is 9.21 Å². The highest BCUT2D eigenvalue weighted by Crippen LogP contribution is 2.18. The van der Waals surface area contributed by atoms with Gasteiger partial charge in [0.1, 0.15) is 5.21 Å². The van der Waals surface area contributed by atoms with E-state index in [1.807, 2.05) is 0 Å². The molecule has 1 aliphatic rings. The van der Waals surface area contributed by atoms with Crippen LogP contribution >= 0.6 is 11.6 Å². The Labute approximate surface area is 97.2 Å². The summed E-state index contributed by atoms with van der Waals surface area (Å²) in [6.07, 6.45) is 2.14. The van der Waals surface area contributed by atoms with E-state index in [1.165, 1.54) is 4.31 Å². The van der Waals surface area contributed by atoms with E-state index in [4.69, 9.17) is 11.6 Å². The lowest BCUT2D eigenvalue weighted by Gasteiger charge is -2.31. The topological polar surface area (TPSA) is 40.6 Å². The molecule has 0 N–H and O–H groups in total. The molecule has 0 bridgehead atoms. The van der Waals surface area contributed by atoms with Gasteiger partial charge in [0.2, 0.25) is 10.0 Å². The van der Waals surface area contributed by atoms with Crippen molar-refractivity contribution in [2.75, 3.05) is 38.9 Å². The second-order valence-electron chi connectivity index (χ2n) is 4.25. The van der Waals surface area contributed by atoms with Crippen molar-refractivity contribution in [3.63, 3.8) is 0 Å². The number of likely N-dealkylation sites (tertiary alicyclic amines) is 1. The van der Waals surface area contributed by atoms with Gasteiger partial charge in [0.25, 0.3) is 0 Å². The molecule has 6 heteroatoms. The van der Waals surface area contributed by atoms with Gasteiger partial charge in [-0.05, 0) is 38.9 Å². The van der Waals surface area contributed by atoms with E-state index in [-0.39, 0.29) is 5.21 Å². The molecule has 1 saturated heterocycles. The minimum absolute atomic E-state index is 0.323. The molecule has 1 aliphatic heterocycles. The Morgan fingerprint density at radius 3 is 2.40 bits per heavy atom. The zero-order valence-corrected chi connectivity index (χ0v) is 10.9. The molecule has 0 aliphatic carbocycles. The van der Waals surface area contributed by atoms with Gasteiger partial charge in [0, 0.05) is 13.6 Å². The van der Waals surface area contributed by atoms with Crippen molar-refractivity contribution in [3.8, 4) is 0 Å². The Kier molecular flexibility index (Phi) is 4.83. The smallest absolute Gasteiger partial charge is 0.227 e. The highest BCUT2D eigenvalue weighted by molar-refractivity contribution is 7.90. The number of hydrogen-bond acceptors (Lipinski definition) is 3. The molecule has 0 aromatic carbocycles. The fourth-order valence-electron chi connectivity index (χ4n) is 1.81. The Bertz CT molecular complexity index is 286. The summed E-state index contributed by atoms with van der Waals surface area (Å²) < 4.78 is 24.2. The third kappa shape index (κ3) is 3.90. The van der Waals surface area contributed by atoms with Gasteiger partial charge in [-0.3, -0.25) is 0 Å². The molecule has 1 fully saturated rings. The standard InChI is InChI=1S/C9H19ClN2O2S/c1-11-5-3-9(4-6-11)7-12(2)15(13,14)8-10/h9H,3-8H2,1-2H3. The number of piperidine rings is 1. The van der Waals surface area contributed by atoms with Crippen LogP contribution in [0.5, 0.6) is 0 Å². The largest absolute Gasteiger partial charge is 0.306 e. The van der Waals surface area contributed by atoms with Gasteiger partial charge >= 0.3 is 0 Å². The van der Waals surface area contributed by atoms with E-state index in [1.54, 1.807) is 7.05 Å². The van der Waals surface area contributed by atoms with Crippen molar-refractivity contribution < 1.29 is 8.42 Å². The summed E-state index contributed by atoms with van der Waals surface area (Å²) in [6, 6.07) is 0. The molecule has 15 heavy (non-hydrogen) atoms. The lowest BCUT2D eigenvalue weighted by Crippen LogP contribution is -2.38. The van der Waals surface area contributed by atoms with Gasteiger partial charge < -0.3 is 4.90 Å². The van der Waals surface area contributed by atoms with Crippen molar-refractivity contribution >= 4 is 21.6 Å². The van der Waals surface area contributed by atoms with Gasteiger partial charge in [-0.15, -0.1) is 11.6 Å². The molecule has 1 heterocycles. The molecule has 0 radical (unpaired) electrons. The number of rotatable bonds is 4. The molecular weight excluding hydrogens is 236 g/mol. The predicted octanol–water partition coefficient (Wildman–Crippen LogP) is 0.786. The lowest BCUT2D eigenvalue weighted by atomic mass is 9.97. The van der Waals surface area contributed by atoms with Crippen LogP contribution in [0.3, 0.4) is 0 Å². The Morgan fingerprint density at radius 1 is 1.40 bits per heavy atom. The fourth-order valence-corrected chi connectivity index (χ4v) is 2.91. The van der Waals surface area contributed by atoms with Crippen LogP contribution in [0.1, 0.15) is 12.8 Å². The normalized spacial score (nSPS) is 21.1. The summed E-state index contributed by atoms with van der Waals surface area (Å²) in [5.41, 5.74) is 0. The number of nitrogens with zero attached hydrogens (tertiary/aromatic N) is 2. The van der Waals surface area contributed by atoms with E-state index in [0.717, 1.165) is 25.9 Å². The Balaban J connectivity index is 2.42. The van der Waals surface area contributed by atoms with Crippen LogP contribution in [-0.2, 0) is 10.0 Å². The number of alkyl halides is 1. The van der Waals surface area contributed by atoms with Crippen LogP contribution in [0.4, 0.5) is 0 Å². The molecule has 0 spiro atoms. The SMILES string of the molecule is CN1CCC(CN(C)S(=O)(=O)CCl)CC1. The maximum Gasteiger partial charge on any atom is 0.227 e. The zero-order chi connectivity index (χ0) is 11.5. The monoisotopic (exact) mass is 254 g/mol. The maximum absolute atomic E-state index is 11.4. The van der Waals surface area contributed by atoms with E-state index in [0.29, 0.717) is 12.5 Å². The summed E-state index contributed by atoms with van der Waals surface area (Å²) in [6.45, 7) is 2.71. The van der Waals surface area contributed by atoms with Gasteiger partial charge in [-0.2, -0.15) is 0 Å². The highest BCUT2D eigenvalue weighted by Gasteiger charge is 2.23. The van der Waals surface area contributed by atoms with E-state index in [2.05, 4.69) is 11.9 Å². The van der Waals surface area contributed by atoms with Crippen molar-refractivity contribution in [1.29, 1.82) is 0 Å². The Hall–Kier alpha value is 0.160. The molecule has 0 saturated carbocycles. The molecule has 0 atom stereocenters. The van der Waals surface area contributed by atoms with E-state index < -0.39 is 10.0 Å². The van der Waals surface area contributed by atoms with Crippen molar-refractivity contribution in [3.05, 3.63) is 0 Å².